The average molecular weight is 204 g/mol. The van der Waals surface area contributed by atoms with E-state index in [1.807, 2.05) is 6.07 Å². The molecule has 0 heterocycles. The number of rotatable bonds is 2. The van der Waals surface area contributed by atoms with E-state index in [0.29, 0.717) is 12.0 Å². The minimum Gasteiger partial charge on any atom is -0.497 e. The fourth-order valence-electron chi connectivity index (χ4n) is 1.92. The number of aryl methyl sites for hydroxylation is 1. The fraction of sp³-hybridized carbons (Fsp3) is 0.333. The number of benzene rings is 1. The van der Waals surface area contributed by atoms with Gasteiger partial charge in [-0.25, -0.2) is 0 Å². The van der Waals surface area contributed by atoms with Crippen LogP contribution in [-0.4, -0.2) is 19.2 Å². The maximum absolute atomic E-state index is 11.8. The van der Waals surface area contributed by atoms with E-state index in [1.54, 1.807) is 19.2 Å². The van der Waals surface area contributed by atoms with E-state index < -0.39 is 5.92 Å². The van der Waals surface area contributed by atoms with Crippen molar-refractivity contribution in [1.82, 2.24) is 0 Å². The summed E-state index contributed by atoms with van der Waals surface area (Å²) < 4.78 is 5.09. The van der Waals surface area contributed by atoms with Crippen LogP contribution in [0, 0.1) is 5.92 Å². The molecular formula is C12H12O3. The largest absolute Gasteiger partial charge is 0.497 e. The molecule has 0 aliphatic heterocycles. The van der Waals surface area contributed by atoms with Gasteiger partial charge in [0, 0.05) is 5.56 Å². The lowest BCUT2D eigenvalue weighted by Crippen LogP contribution is -2.23. The number of aldehydes is 1. The summed E-state index contributed by atoms with van der Waals surface area (Å²) in [6.45, 7) is 0. The molecule has 0 radical (unpaired) electrons. The molecule has 78 valence electrons. The molecule has 1 unspecified atom stereocenters. The van der Waals surface area contributed by atoms with E-state index in [-0.39, 0.29) is 5.78 Å². The molecule has 1 aliphatic carbocycles. The molecule has 0 spiro atoms. The summed E-state index contributed by atoms with van der Waals surface area (Å²) in [5, 5.41) is 0. The first-order valence-electron chi connectivity index (χ1n) is 4.92. The van der Waals surface area contributed by atoms with Crippen LogP contribution in [0.1, 0.15) is 22.3 Å². The molecule has 0 saturated heterocycles. The second-order valence-corrected chi connectivity index (χ2v) is 3.67. The van der Waals surface area contributed by atoms with Crippen LogP contribution in [0.4, 0.5) is 0 Å². The molecule has 0 fully saturated rings. The number of methoxy groups -OCH3 is 1. The number of ether oxygens (including phenoxy) is 1. The highest BCUT2D eigenvalue weighted by atomic mass is 16.5. The summed E-state index contributed by atoms with van der Waals surface area (Å²) >= 11 is 0. The van der Waals surface area contributed by atoms with Gasteiger partial charge in [-0.15, -0.1) is 0 Å². The van der Waals surface area contributed by atoms with Gasteiger partial charge in [0.15, 0.2) is 5.78 Å². The van der Waals surface area contributed by atoms with E-state index in [2.05, 4.69) is 0 Å². The lowest BCUT2D eigenvalue weighted by Gasteiger charge is -2.19. The monoisotopic (exact) mass is 204 g/mol. The predicted octanol–water partition coefficient (Wildman–Crippen LogP) is 1.64. The van der Waals surface area contributed by atoms with Crippen molar-refractivity contribution >= 4 is 12.1 Å². The second-order valence-electron chi connectivity index (χ2n) is 3.67. The molecule has 3 nitrogen and oxygen atoms in total. The van der Waals surface area contributed by atoms with Gasteiger partial charge < -0.3 is 9.53 Å². The van der Waals surface area contributed by atoms with Crippen LogP contribution >= 0.6 is 0 Å². The number of hydrogen-bond donors (Lipinski definition) is 0. The van der Waals surface area contributed by atoms with Crippen LogP contribution < -0.4 is 4.74 Å². The number of Topliss-reactive ketones (excluding diaryl/α,β-unsaturated/α-hetero) is 1. The van der Waals surface area contributed by atoms with Crippen molar-refractivity contribution in [2.45, 2.75) is 12.8 Å². The molecule has 0 N–H and O–H groups in total. The topological polar surface area (TPSA) is 43.4 Å². The number of carbonyl (C=O) groups excluding carboxylic acids is 2. The summed E-state index contributed by atoms with van der Waals surface area (Å²) in [7, 11) is 1.60. The molecule has 15 heavy (non-hydrogen) atoms. The predicted molar refractivity (Wildman–Crippen MR) is 55.2 cm³/mol. The van der Waals surface area contributed by atoms with Crippen molar-refractivity contribution < 1.29 is 14.3 Å². The van der Waals surface area contributed by atoms with Gasteiger partial charge in [-0.3, -0.25) is 4.79 Å². The van der Waals surface area contributed by atoms with Crippen LogP contribution in [0.3, 0.4) is 0 Å². The summed E-state index contributed by atoms with van der Waals surface area (Å²) in [6.07, 6.45) is 2.12. The van der Waals surface area contributed by atoms with Crippen LogP contribution in [0.15, 0.2) is 18.2 Å². The van der Waals surface area contributed by atoms with Crippen LogP contribution in [-0.2, 0) is 11.2 Å². The number of fused-ring (bicyclic) bond motifs is 1. The Balaban J connectivity index is 2.41. The molecular weight excluding hydrogens is 192 g/mol. The fourth-order valence-corrected chi connectivity index (χ4v) is 1.92. The van der Waals surface area contributed by atoms with Gasteiger partial charge in [0.1, 0.15) is 12.0 Å². The van der Waals surface area contributed by atoms with Crippen molar-refractivity contribution in [2.75, 3.05) is 7.11 Å². The lowest BCUT2D eigenvalue weighted by molar-refractivity contribution is -0.110. The highest BCUT2D eigenvalue weighted by molar-refractivity contribution is 6.07. The smallest absolute Gasteiger partial charge is 0.173 e. The normalized spacial score (nSPS) is 19.5. The molecule has 1 aliphatic rings. The Kier molecular flexibility index (Phi) is 2.54. The van der Waals surface area contributed by atoms with Crippen molar-refractivity contribution in [3.05, 3.63) is 29.3 Å². The molecule has 1 aromatic carbocycles. The molecule has 1 atom stereocenters. The summed E-state index contributed by atoms with van der Waals surface area (Å²) in [5.41, 5.74) is 1.65. The van der Waals surface area contributed by atoms with Crippen molar-refractivity contribution in [3.63, 3.8) is 0 Å². The minimum absolute atomic E-state index is 0.0612. The van der Waals surface area contributed by atoms with E-state index in [9.17, 15) is 9.59 Å². The third-order valence-electron chi connectivity index (χ3n) is 2.80. The van der Waals surface area contributed by atoms with Crippen molar-refractivity contribution in [3.8, 4) is 5.75 Å². The van der Waals surface area contributed by atoms with Gasteiger partial charge >= 0.3 is 0 Å². The van der Waals surface area contributed by atoms with Gasteiger partial charge in [-0.2, -0.15) is 0 Å². The summed E-state index contributed by atoms with van der Waals surface area (Å²) in [4.78, 5) is 22.4. The third-order valence-corrected chi connectivity index (χ3v) is 2.80. The number of carbonyl (C=O) groups is 2. The van der Waals surface area contributed by atoms with E-state index in [0.717, 1.165) is 24.0 Å². The summed E-state index contributed by atoms with van der Waals surface area (Å²) in [5.74, 6) is 0.242. The van der Waals surface area contributed by atoms with E-state index in [1.165, 1.54) is 0 Å². The van der Waals surface area contributed by atoms with E-state index in [4.69, 9.17) is 4.74 Å². The first-order chi connectivity index (χ1) is 7.26. The van der Waals surface area contributed by atoms with Crippen molar-refractivity contribution in [2.24, 2.45) is 5.92 Å². The highest BCUT2D eigenvalue weighted by Crippen LogP contribution is 2.27. The molecule has 0 aromatic heterocycles. The van der Waals surface area contributed by atoms with Crippen LogP contribution in [0.25, 0.3) is 0 Å². The van der Waals surface area contributed by atoms with Gasteiger partial charge in [0.05, 0.1) is 13.0 Å². The molecule has 3 heteroatoms. The Labute approximate surface area is 88.1 Å². The SMILES string of the molecule is COc1ccc2c(c1)CCC(C=O)C2=O. The molecule has 0 bridgehead atoms. The lowest BCUT2D eigenvalue weighted by atomic mass is 9.83. The molecule has 1 aromatic rings. The third kappa shape index (κ3) is 1.65. The minimum atomic E-state index is -0.453. The number of ketones is 1. The Morgan fingerprint density at radius 1 is 1.47 bits per heavy atom. The summed E-state index contributed by atoms with van der Waals surface area (Å²) in [6, 6.07) is 5.37. The maximum Gasteiger partial charge on any atom is 0.173 e. The first-order valence-corrected chi connectivity index (χ1v) is 4.92. The standard InChI is InChI=1S/C12H12O3/c1-15-10-4-5-11-8(6-10)2-3-9(7-13)12(11)14/h4-7,9H,2-3H2,1H3. The maximum atomic E-state index is 11.8. The van der Waals surface area contributed by atoms with E-state index >= 15 is 0 Å². The zero-order valence-corrected chi connectivity index (χ0v) is 8.53. The van der Waals surface area contributed by atoms with Gasteiger partial charge in [-0.05, 0) is 36.6 Å². The first kappa shape index (κ1) is 9.90. The molecule has 0 saturated carbocycles. The molecule has 0 amide bonds. The second kappa shape index (κ2) is 3.85. The molecule has 2 rings (SSSR count). The van der Waals surface area contributed by atoms with Gasteiger partial charge in [-0.1, -0.05) is 0 Å². The highest BCUT2D eigenvalue weighted by Gasteiger charge is 2.26. The van der Waals surface area contributed by atoms with Crippen LogP contribution in [0.2, 0.25) is 0 Å². The zero-order chi connectivity index (χ0) is 10.8. The van der Waals surface area contributed by atoms with Gasteiger partial charge in [0.2, 0.25) is 0 Å². The van der Waals surface area contributed by atoms with Crippen molar-refractivity contribution in [1.29, 1.82) is 0 Å². The average Bonchev–Trinajstić information content (AvgIpc) is 2.29. The Morgan fingerprint density at radius 3 is 2.93 bits per heavy atom. The Hall–Kier alpha value is -1.64. The Bertz CT molecular complexity index is 409. The Morgan fingerprint density at radius 2 is 2.27 bits per heavy atom. The quantitative estimate of drug-likeness (QED) is 0.543. The van der Waals surface area contributed by atoms with Crippen LogP contribution in [0.5, 0.6) is 5.75 Å². The number of hydrogen-bond acceptors (Lipinski definition) is 3. The zero-order valence-electron chi connectivity index (χ0n) is 8.53. The van der Waals surface area contributed by atoms with Gasteiger partial charge in [0.25, 0.3) is 0 Å².